The summed E-state index contributed by atoms with van der Waals surface area (Å²) >= 11 is 1.71. The second kappa shape index (κ2) is 35.9. The number of rotatable bonds is 0. The van der Waals surface area contributed by atoms with E-state index in [4.69, 9.17) is 14.2 Å². The van der Waals surface area contributed by atoms with Crippen molar-refractivity contribution in [3.63, 3.8) is 0 Å². The van der Waals surface area contributed by atoms with Gasteiger partial charge in [-0.15, -0.1) is 0 Å². The molecule has 4 aliphatic rings. The van der Waals surface area contributed by atoms with Gasteiger partial charge in [0.1, 0.15) is 0 Å². The van der Waals surface area contributed by atoms with Crippen LogP contribution < -0.4 is 21.3 Å². The monoisotopic (exact) mass is 531 g/mol. The lowest BCUT2D eigenvalue weighted by Gasteiger charge is -2.10. The molecule has 0 aliphatic carbocycles. The largest absolute Gasteiger partial charge is 0.368 e. The quantitative estimate of drug-likeness (QED) is 0.330. The van der Waals surface area contributed by atoms with Crippen LogP contribution in [-0.4, -0.2) is 77.7 Å². The first-order chi connectivity index (χ1) is 16.5. The van der Waals surface area contributed by atoms with Gasteiger partial charge in [-0.05, 0) is 81.2 Å². The molecular formula is C27H57N5O3S. The average Bonchev–Trinajstić information content (AvgIpc) is 3.72. The zero-order chi connectivity index (χ0) is 23.3. The van der Waals surface area contributed by atoms with Gasteiger partial charge >= 0.3 is 0 Å². The third-order valence-corrected chi connectivity index (χ3v) is 5.08. The van der Waals surface area contributed by atoms with Gasteiger partial charge in [-0.3, -0.25) is 16.0 Å². The fourth-order valence-corrected chi connectivity index (χ4v) is 3.13. The molecule has 4 aliphatic heterocycles. The van der Waals surface area contributed by atoms with E-state index in [1.807, 2.05) is 47.4 Å². The van der Waals surface area contributed by atoms with Crippen molar-refractivity contribution in [2.45, 2.75) is 54.4 Å². The Morgan fingerprint density at radius 2 is 0.944 bits per heavy atom. The summed E-state index contributed by atoms with van der Waals surface area (Å²) in [4.78, 5) is 2.86. The fraction of sp³-hybridized carbons (Fsp3) is 0.704. The summed E-state index contributed by atoms with van der Waals surface area (Å²) in [5.74, 6) is 0. The highest BCUT2D eigenvalue weighted by molar-refractivity contribution is 7.07. The number of H-pyrrole nitrogens is 1. The molecule has 0 saturated carbocycles. The first-order valence-electron chi connectivity index (χ1n) is 12.1. The Hall–Kier alpha value is -1.30. The first-order valence-corrected chi connectivity index (χ1v) is 13.1. The topological polar surface area (TPSA) is 91.6 Å². The minimum atomic E-state index is 0. The minimum absolute atomic E-state index is 0. The molecule has 214 valence electrons. The molecule has 6 rings (SSSR count). The maximum Gasteiger partial charge on any atom is 0.0966 e. The Morgan fingerprint density at radius 1 is 0.472 bits per heavy atom. The number of aromatic amines is 1. The summed E-state index contributed by atoms with van der Waals surface area (Å²) in [5.41, 5.74) is 0. The van der Waals surface area contributed by atoms with Gasteiger partial charge in [0.25, 0.3) is 0 Å². The summed E-state index contributed by atoms with van der Waals surface area (Å²) in [6.45, 7) is 10.8. The smallest absolute Gasteiger partial charge is 0.0966 e. The van der Waals surface area contributed by atoms with Crippen LogP contribution in [0.25, 0.3) is 0 Å². The summed E-state index contributed by atoms with van der Waals surface area (Å²) in [5, 5.41) is 16.5. The van der Waals surface area contributed by atoms with Crippen LogP contribution in [-0.2, 0) is 14.2 Å². The third kappa shape index (κ3) is 32.7. The van der Waals surface area contributed by atoms with Crippen molar-refractivity contribution < 1.29 is 14.2 Å². The molecule has 0 unspecified atom stereocenters. The Kier molecular flexibility index (Phi) is 39.1. The lowest BCUT2D eigenvalue weighted by molar-refractivity contribution is 0.0848. The van der Waals surface area contributed by atoms with E-state index in [0.717, 1.165) is 59.6 Å². The van der Waals surface area contributed by atoms with Gasteiger partial charge in [0.2, 0.25) is 0 Å². The molecule has 0 atom stereocenters. The molecule has 4 fully saturated rings. The van der Waals surface area contributed by atoms with Gasteiger partial charge < -0.3 is 24.5 Å². The Labute approximate surface area is 226 Å². The van der Waals surface area contributed by atoms with Crippen LogP contribution in [0.15, 0.2) is 47.4 Å². The zero-order valence-electron chi connectivity index (χ0n) is 20.1. The molecule has 9 heteroatoms. The van der Waals surface area contributed by atoms with E-state index in [2.05, 4.69) is 26.3 Å². The molecule has 0 spiro atoms. The fourth-order valence-electron chi connectivity index (χ4n) is 2.68. The highest BCUT2D eigenvalue weighted by Gasteiger charge is 1.94. The van der Waals surface area contributed by atoms with Gasteiger partial charge in [-0.1, -0.05) is 34.4 Å². The molecule has 2 aromatic rings. The van der Waals surface area contributed by atoms with Gasteiger partial charge in [-0.2, -0.15) is 11.3 Å². The summed E-state index contributed by atoms with van der Waals surface area (Å²) in [7, 11) is 0. The molecular weight excluding hydrogens is 474 g/mol. The Morgan fingerprint density at radius 3 is 1.28 bits per heavy atom. The molecule has 5 N–H and O–H groups in total. The second-order valence-corrected chi connectivity index (χ2v) is 8.17. The lowest BCUT2D eigenvalue weighted by atomic mass is 10.3. The summed E-state index contributed by atoms with van der Waals surface area (Å²) in [6, 6.07) is 7.93. The molecule has 0 radical (unpaired) electrons. The molecule has 0 amide bonds. The molecule has 0 bridgehead atoms. The van der Waals surface area contributed by atoms with Gasteiger partial charge in [-0.25, -0.2) is 0 Å². The van der Waals surface area contributed by atoms with Crippen LogP contribution in [0.3, 0.4) is 0 Å². The van der Waals surface area contributed by atoms with E-state index in [9.17, 15) is 0 Å². The standard InChI is InChI=1S/C5H11NO.C4H9NO.C4H9N.C4H5N.C4H4S.C3H7NO.3CH4/c1-2-4-7-5-6-3-1;1-2-5-4-6-3-1;3*1-2-4-5-3-1;1-2-5-3-4-1;;;/h6H,1-5H2;5H,1-4H2;5H,1-4H2;1-5H;1-4H;4H,1-3H2;3*1H4. The predicted octanol–water partition coefficient (Wildman–Crippen LogP) is 4.90. The van der Waals surface area contributed by atoms with Crippen molar-refractivity contribution in [1.82, 2.24) is 26.3 Å². The predicted molar refractivity (Wildman–Crippen MR) is 158 cm³/mol. The summed E-state index contributed by atoms with van der Waals surface area (Å²) < 4.78 is 14.9. The number of thiophene rings is 1. The number of hydrogen-bond donors (Lipinski definition) is 5. The molecule has 2 aromatic heterocycles. The molecule has 8 nitrogen and oxygen atoms in total. The van der Waals surface area contributed by atoms with Crippen LogP contribution in [0, 0.1) is 0 Å². The summed E-state index contributed by atoms with van der Waals surface area (Å²) in [6.07, 6.45) is 10.2. The molecule has 0 aromatic carbocycles. The van der Waals surface area contributed by atoms with Crippen molar-refractivity contribution in [3.05, 3.63) is 47.4 Å². The second-order valence-electron chi connectivity index (χ2n) is 7.35. The number of aromatic nitrogens is 1. The number of hydrogen-bond acceptors (Lipinski definition) is 8. The van der Waals surface area contributed by atoms with Gasteiger partial charge in [0.05, 0.1) is 26.8 Å². The normalized spacial score (nSPS) is 17.6. The van der Waals surface area contributed by atoms with Gasteiger partial charge in [0, 0.05) is 32.2 Å². The average molecular weight is 532 g/mol. The maximum atomic E-state index is 5.08. The van der Waals surface area contributed by atoms with Crippen LogP contribution in [0.4, 0.5) is 0 Å². The van der Waals surface area contributed by atoms with E-state index in [0.29, 0.717) is 0 Å². The van der Waals surface area contributed by atoms with Crippen molar-refractivity contribution in [2.75, 3.05) is 72.7 Å². The van der Waals surface area contributed by atoms with Crippen molar-refractivity contribution in [3.8, 4) is 0 Å². The number of ether oxygens (including phenoxy) is 3. The third-order valence-electron chi connectivity index (χ3n) is 4.45. The van der Waals surface area contributed by atoms with E-state index in [1.165, 1.54) is 45.2 Å². The van der Waals surface area contributed by atoms with E-state index < -0.39 is 0 Å². The highest BCUT2D eigenvalue weighted by Crippen LogP contribution is 1.92. The number of nitrogens with one attached hydrogen (secondary N) is 5. The molecule has 4 saturated heterocycles. The van der Waals surface area contributed by atoms with Crippen molar-refractivity contribution in [2.24, 2.45) is 0 Å². The highest BCUT2D eigenvalue weighted by atomic mass is 32.1. The Bertz CT molecular complexity index is 419. The first kappa shape index (κ1) is 39.2. The molecule has 6 heterocycles. The van der Waals surface area contributed by atoms with Crippen LogP contribution in [0.2, 0.25) is 0 Å². The lowest BCUT2D eigenvalue weighted by Crippen LogP contribution is -2.26. The molecule has 36 heavy (non-hydrogen) atoms. The minimum Gasteiger partial charge on any atom is -0.368 e. The Balaban J connectivity index is -0.000000359. The van der Waals surface area contributed by atoms with Gasteiger partial charge in [0.15, 0.2) is 0 Å². The van der Waals surface area contributed by atoms with Crippen LogP contribution >= 0.6 is 11.3 Å². The van der Waals surface area contributed by atoms with Crippen molar-refractivity contribution in [1.29, 1.82) is 0 Å². The maximum absolute atomic E-state index is 5.08. The van der Waals surface area contributed by atoms with E-state index in [-0.39, 0.29) is 22.3 Å². The van der Waals surface area contributed by atoms with E-state index >= 15 is 0 Å². The van der Waals surface area contributed by atoms with E-state index in [1.54, 1.807) is 11.3 Å². The van der Waals surface area contributed by atoms with Crippen molar-refractivity contribution >= 4 is 11.3 Å². The zero-order valence-corrected chi connectivity index (χ0v) is 20.9. The SMILES string of the molecule is C.C.C.C1CCNC1.C1CCOCNC1.C1CNCOC1.C1COCN1.c1cc[nH]c1.c1ccsc1. The van der Waals surface area contributed by atoms with Crippen LogP contribution in [0.1, 0.15) is 54.4 Å². The van der Waals surface area contributed by atoms with Crippen LogP contribution in [0.5, 0.6) is 0 Å².